The van der Waals surface area contributed by atoms with Crippen LogP contribution in [0.1, 0.15) is 41.4 Å². The van der Waals surface area contributed by atoms with E-state index >= 15 is 0 Å². The number of hydrogen-bond donors (Lipinski definition) is 1. The highest BCUT2D eigenvalue weighted by molar-refractivity contribution is 5.94. The van der Waals surface area contributed by atoms with Crippen molar-refractivity contribution in [3.05, 3.63) is 59.5 Å². The summed E-state index contributed by atoms with van der Waals surface area (Å²) in [5.74, 6) is 0.749. The molecule has 2 heterocycles. The van der Waals surface area contributed by atoms with E-state index in [0.29, 0.717) is 18.7 Å². The van der Waals surface area contributed by atoms with Crippen LogP contribution in [-0.4, -0.2) is 47.8 Å². The molecule has 0 bridgehead atoms. The van der Waals surface area contributed by atoms with Crippen LogP contribution in [0.15, 0.2) is 47.1 Å². The molecule has 0 spiro atoms. The van der Waals surface area contributed by atoms with Crippen LogP contribution in [0.3, 0.4) is 0 Å². The molecule has 6 heteroatoms. The van der Waals surface area contributed by atoms with Crippen molar-refractivity contribution < 1.29 is 14.0 Å². The van der Waals surface area contributed by atoms with E-state index in [1.807, 2.05) is 41.3 Å². The fraction of sp³-hybridized carbons (Fsp3) is 0.429. The van der Waals surface area contributed by atoms with Crippen LogP contribution in [-0.2, 0) is 17.9 Å². The standard InChI is InChI=1S/C21H27N3O3/c1-16(25)22-14-17-5-7-18(8-6-17)21(26)24(15-20-4-3-13-27-20)19-9-11-23(2)12-10-19/h3-8,13,19H,9-12,14-15H2,1-2H3,(H,22,25). The van der Waals surface area contributed by atoms with Crippen LogP contribution in [0, 0.1) is 0 Å². The molecule has 1 aromatic carbocycles. The molecule has 0 saturated carbocycles. The van der Waals surface area contributed by atoms with Crippen molar-refractivity contribution in [3.8, 4) is 0 Å². The Hall–Kier alpha value is -2.60. The topological polar surface area (TPSA) is 65.8 Å². The van der Waals surface area contributed by atoms with Gasteiger partial charge in [-0.05, 0) is 62.8 Å². The van der Waals surface area contributed by atoms with Gasteiger partial charge in [0.1, 0.15) is 5.76 Å². The molecule has 6 nitrogen and oxygen atoms in total. The van der Waals surface area contributed by atoms with E-state index in [-0.39, 0.29) is 17.9 Å². The van der Waals surface area contributed by atoms with Gasteiger partial charge in [0, 0.05) is 25.1 Å². The number of benzene rings is 1. The Morgan fingerprint density at radius 1 is 1.19 bits per heavy atom. The van der Waals surface area contributed by atoms with Gasteiger partial charge in [-0.15, -0.1) is 0 Å². The van der Waals surface area contributed by atoms with Crippen LogP contribution in [0.2, 0.25) is 0 Å². The first-order valence-corrected chi connectivity index (χ1v) is 9.38. The predicted octanol–water partition coefficient (Wildman–Crippen LogP) is 2.65. The van der Waals surface area contributed by atoms with E-state index in [2.05, 4.69) is 17.3 Å². The number of nitrogens with zero attached hydrogens (tertiary/aromatic N) is 2. The second kappa shape index (κ2) is 8.86. The molecule has 1 aliphatic rings. The minimum absolute atomic E-state index is 0.0204. The van der Waals surface area contributed by atoms with E-state index in [9.17, 15) is 9.59 Å². The van der Waals surface area contributed by atoms with Crippen LogP contribution in [0.25, 0.3) is 0 Å². The molecule has 0 aliphatic carbocycles. The molecule has 3 rings (SSSR count). The average Bonchev–Trinajstić information content (AvgIpc) is 3.18. The summed E-state index contributed by atoms with van der Waals surface area (Å²) in [7, 11) is 2.11. The second-order valence-corrected chi connectivity index (χ2v) is 7.15. The number of amides is 2. The summed E-state index contributed by atoms with van der Waals surface area (Å²) in [6.07, 6.45) is 3.57. The van der Waals surface area contributed by atoms with E-state index in [1.54, 1.807) is 6.26 Å². The number of likely N-dealkylation sites (tertiary alicyclic amines) is 1. The molecule has 2 aromatic rings. The zero-order valence-electron chi connectivity index (χ0n) is 16.0. The van der Waals surface area contributed by atoms with Gasteiger partial charge in [-0.1, -0.05) is 12.1 Å². The first kappa shape index (κ1) is 19.2. The van der Waals surface area contributed by atoms with Gasteiger partial charge in [-0.25, -0.2) is 0 Å². The summed E-state index contributed by atoms with van der Waals surface area (Å²) in [6.45, 7) is 4.42. The molecule has 1 saturated heterocycles. The van der Waals surface area contributed by atoms with Crippen molar-refractivity contribution in [2.45, 2.75) is 38.9 Å². The molecule has 27 heavy (non-hydrogen) atoms. The number of hydrogen-bond acceptors (Lipinski definition) is 4. The van der Waals surface area contributed by atoms with Gasteiger partial charge in [0.05, 0.1) is 12.8 Å². The van der Waals surface area contributed by atoms with Gasteiger partial charge in [0.15, 0.2) is 0 Å². The Labute approximate surface area is 160 Å². The summed E-state index contributed by atoms with van der Waals surface area (Å²) in [4.78, 5) is 28.5. The lowest BCUT2D eigenvalue weighted by molar-refractivity contribution is -0.119. The van der Waals surface area contributed by atoms with Gasteiger partial charge in [-0.3, -0.25) is 9.59 Å². The van der Waals surface area contributed by atoms with E-state index in [4.69, 9.17) is 4.42 Å². The SMILES string of the molecule is CC(=O)NCc1ccc(C(=O)N(Cc2ccco2)C2CCN(C)CC2)cc1. The first-order valence-electron chi connectivity index (χ1n) is 9.38. The molecule has 0 unspecified atom stereocenters. The largest absolute Gasteiger partial charge is 0.467 e. The van der Waals surface area contributed by atoms with Crippen molar-refractivity contribution in [3.63, 3.8) is 0 Å². The smallest absolute Gasteiger partial charge is 0.254 e. The maximum atomic E-state index is 13.2. The molecular weight excluding hydrogens is 342 g/mol. The summed E-state index contributed by atoms with van der Waals surface area (Å²) in [5, 5.41) is 2.77. The zero-order valence-corrected chi connectivity index (χ0v) is 16.0. The minimum Gasteiger partial charge on any atom is -0.467 e. The normalized spacial score (nSPS) is 15.5. The van der Waals surface area contributed by atoms with Crippen molar-refractivity contribution in [2.75, 3.05) is 20.1 Å². The Morgan fingerprint density at radius 2 is 1.89 bits per heavy atom. The monoisotopic (exact) mass is 369 g/mol. The Morgan fingerprint density at radius 3 is 2.48 bits per heavy atom. The van der Waals surface area contributed by atoms with Gasteiger partial charge >= 0.3 is 0 Å². The molecule has 1 aromatic heterocycles. The fourth-order valence-electron chi connectivity index (χ4n) is 3.40. The molecule has 1 fully saturated rings. The van der Waals surface area contributed by atoms with Crippen LogP contribution >= 0.6 is 0 Å². The summed E-state index contributed by atoms with van der Waals surface area (Å²) in [5.41, 5.74) is 1.63. The maximum absolute atomic E-state index is 13.2. The van der Waals surface area contributed by atoms with Gasteiger partial charge < -0.3 is 19.5 Å². The van der Waals surface area contributed by atoms with Crippen molar-refractivity contribution in [2.24, 2.45) is 0 Å². The van der Waals surface area contributed by atoms with Crippen LogP contribution < -0.4 is 5.32 Å². The Balaban J connectivity index is 1.74. The van der Waals surface area contributed by atoms with Gasteiger partial charge in [-0.2, -0.15) is 0 Å². The second-order valence-electron chi connectivity index (χ2n) is 7.15. The third kappa shape index (κ3) is 5.20. The van der Waals surface area contributed by atoms with E-state index in [0.717, 1.165) is 37.3 Å². The van der Waals surface area contributed by atoms with Crippen molar-refractivity contribution in [1.82, 2.24) is 15.1 Å². The summed E-state index contributed by atoms with van der Waals surface area (Å²) < 4.78 is 5.49. The Bertz CT molecular complexity index is 747. The molecule has 0 radical (unpaired) electrons. The highest BCUT2D eigenvalue weighted by Crippen LogP contribution is 2.21. The quantitative estimate of drug-likeness (QED) is 0.850. The number of rotatable bonds is 6. The number of carbonyl (C=O) groups is 2. The molecule has 2 amide bonds. The number of nitrogens with one attached hydrogen (secondary N) is 1. The molecule has 144 valence electrons. The number of carbonyl (C=O) groups excluding carboxylic acids is 2. The van der Waals surface area contributed by atoms with Crippen molar-refractivity contribution in [1.29, 1.82) is 0 Å². The molecule has 1 N–H and O–H groups in total. The minimum atomic E-state index is -0.0676. The summed E-state index contributed by atoms with van der Waals surface area (Å²) in [6, 6.07) is 11.4. The third-order valence-corrected chi connectivity index (χ3v) is 5.04. The lowest BCUT2D eigenvalue weighted by Crippen LogP contribution is -2.46. The lowest BCUT2D eigenvalue weighted by atomic mass is 10.0. The summed E-state index contributed by atoms with van der Waals surface area (Å²) >= 11 is 0. The predicted molar refractivity (Wildman–Crippen MR) is 103 cm³/mol. The number of piperidine rings is 1. The first-order chi connectivity index (χ1) is 13.0. The zero-order chi connectivity index (χ0) is 19.2. The van der Waals surface area contributed by atoms with Gasteiger partial charge in [0.25, 0.3) is 5.91 Å². The molecule has 0 atom stereocenters. The Kier molecular flexibility index (Phi) is 6.29. The average molecular weight is 369 g/mol. The van der Waals surface area contributed by atoms with E-state index < -0.39 is 0 Å². The third-order valence-electron chi connectivity index (χ3n) is 5.04. The lowest BCUT2D eigenvalue weighted by Gasteiger charge is -2.37. The van der Waals surface area contributed by atoms with Gasteiger partial charge in [0.2, 0.25) is 5.91 Å². The van der Waals surface area contributed by atoms with Crippen LogP contribution in [0.5, 0.6) is 0 Å². The highest BCUT2D eigenvalue weighted by Gasteiger charge is 2.28. The maximum Gasteiger partial charge on any atom is 0.254 e. The fourth-order valence-corrected chi connectivity index (χ4v) is 3.40. The molecular formula is C21H27N3O3. The molecule has 1 aliphatic heterocycles. The van der Waals surface area contributed by atoms with Crippen molar-refractivity contribution >= 4 is 11.8 Å². The van der Waals surface area contributed by atoms with E-state index in [1.165, 1.54) is 6.92 Å². The highest BCUT2D eigenvalue weighted by atomic mass is 16.3. The van der Waals surface area contributed by atoms with Crippen LogP contribution in [0.4, 0.5) is 0 Å². The number of furan rings is 1.